The van der Waals surface area contributed by atoms with E-state index >= 15 is 0 Å². The Morgan fingerprint density at radius 3 is 3.04 bits per heavy atom. The number of nitrogens with zero attached hydrogens (tertiary/aromatic N) is 3. The third-order valence-electron chi connectivity index (χ3n) is 4.90. The second-order valence-corrected chi connectivity index (χ2v) is 6.53. The topological polar surface area (TPSA) is 86.9 Å². The molecule has 2 N–H and O–H groups in total. The van der Waals surface area contributed by atoms with Gasteiger partial charge < -0.3 is 14.6 Å². The summed E-state index contributed by atoms with van der Waals surface area (Å²) in [6.07, 6.45) is 2.32. The summed E-state index contributed by atoms with van der Waals surface area (Å²) in [5, 5.41) is 7.80. The zero-order chi connectivity index (χ0) is 17.4. The number of fused-ring (bicyclic) bond motifs is 1. The molecule has 2 atom stereocenters. The van der Waals surface area contributed by atoms with Crippen molar-refractivity contribution in [3.05, 3.63) is 47.7 Å². The lowest BCUT2D eigenvalue weighted by molar-refractivity contribution is 0.0551. The molecule has 25 heavy (non-hydrogen) atoms. The number of ether oxygens (including phenoxy) is 1. The Morgan fingerprint density at radius 1 is 1.40 bits per heavy atom. The number of benzene rings is 1. The van der Waals surface area contributed by atoms with E-state index in [-0.39, 0.29) is 17.9 Å². The quantitative estimate of drug-likeness (QED) is 0.763. The summed E-state index contributed by atoms with van der Waals surface area (Å²) in [7, 11) is 1.82. The lowest BCUT2D eigenvalue weighted by Crippen LogP contribution is -2.36. The summed E-state index contributed by atoms with van der Waals surface area (Å²) < 4.78 is 5.86. The van der Waals surface area contributed by atoms with Gasteiger partial charge in [0.25, 0.3) is 5.91 Å². The van der Waals surface area contributed by atoms with E-state index < -0.39 is 0 Å². The van der Waals surface area contributed by atoms with E-state index in [0.29, 0.717) is 13.2 Å². The number of likely N-dealkylation sites (N-methyl/N-ethyl adjacent to an activating group) is 1. The lowest BCUT2D eigenvalue weighted by Gasteiger charge is -2.24. The molecule has 1 saturated heterocycles. The number of amides is 1. The number of carbonyl (C=O) groups is 1. The van der Waals surface area contributed by atoms with Gasteiger partial charge in [0, 0.05) is 42.7 Å². The van der Waals surface area contributed by atoms with Crippen molar-refractivity contribution < 1.29 is 9.53 Å². The molecule has 0 spiro atoms. The van der Waals surface area contributed by atoms with Crippen LogP contribution in [0.4, 0.5) is 0 Å². The molecule has 2 aromatic heterocycles. The highest BCUT2D eigenvalue weighted by atomic mass is 16.5. The molecule has 130 valence electrons. The van der Waals surface area contributed by atoms with Gasteiger partial charge in [-0.2, -0.15) is 5.10 Å². The van der Waals surface area contributed by atoms with E-state index in [2.05, 4.69) is 20.2 Å². The van der Waals surface area contributed by atoms with Crippen LogP contribution in [-0.2, 0) is 4.74 Å². The van der Waals surface area contributed by atoms with Crippen molar-refractivity contribution in [2.45, 2.75) is 25.4 Å². The van der Waals surface area contributed by atoms with Crippen LogP contribution < -0.4 is 0 Å². The smallest absolute Gasteiger partial charge is 0.256 e. The Balaban J connectivity index is 1.55. The van der Waals surface area contributed by atoms with Crippen LogP contribution in [0.3, 0.4) is 0 Å². The Hall–Kier alpha value is -2.67. The molecular weight excluding hydrogens is 318 g/mol. The van der Waals surface area contributed by atoms with Crippen molar-refractivity contribution in [3.63, 3.8) is 0 Å². The second-order valence-electron chi connectivity index (χ2n) is 6.53. The molecule has 0 aliphatic carbocycles. The largest absolute Gasteiger partial charge is 0.376 e. The Kier molecular flexibility index (Phi) is 4.01. The third-order valence-corrected chi connectivity index (χ3v) is 4.90. The molecule has 0 bridgehead atoms. The lowest BCUT2D eigenvalue weighted by atomic mass is 10.00. The molecule has 7 nitrogen and oxygen atoms in total. The highest BCUT2D eigenvalue weighted by Gasteiger charge is 2.34. The van der Waals surface area contributed by atoms with Gasteiger partial charge in [-0.25, -0.2) is 4.98 Å². The van der Waals surface area contributed by atoms with Gasteiger partial charge in [-0.05, 0) is 19.4 Å². The minimum Gasteiger partial charge on any atom is -0.376 e. The SMILES string of the molecule is Cc1[nH]c2ccccc2c1C(=O)N(C)C[C@H]1OCC[C@H]1c1ncn[nH]1. The van der Waals surface area contributed by atoms with Gasteiger partial charge in [0.1, 0.15) is 12.2 Å². The number of carbonyl (C=O) groups excluding carboxylic acids is 1. The van der Waals surface area contributed by atoms with Crippen LogP contribution in [0, 0.1) is 6.92 Å². The van der Waals surface area contributed by atoms with Crippen LogP contribution in [0.25, 0.3) is 10.9 Å². The number of para-hydroxylation sites is 1. The summed E-state index contributed by atoms with van der Waals surface area (Å²) in [4.78, 5) is 22.3. The summed E-state index contributed by atoms with van der Waals surface area (Å²) >= 11 is 0. The van der Waals surface area contributed by atoms with Crippen LogP contribution in [-0.4, -0.2) is 57.3 Å². The van der Waals surface area contributed by atoms with Crippen LogP contribution >= 0.6 is 0 Å². The van der Waals surface area contributed by atoms with Gasteiger partial charge in [0.15, 0.2) is 0 Å². The molecule has 1 fully saturated rings. The monoisotopic (exact) mass is 339 g/mol. The average Bonchev–Trinajstić information content (AvgIpc) is 3.32. The number of H-pyrrole nitrogens is 2. The van der Waals surface area contributed by atoms with E-state index in [4.69, 9.17) is 4.74 Å². The molecule has 3 aromatic rings. The molecule has 1 aliphatic heterocycles. The van der Waals surface area contributed by atoms with Crippen LogP contribution in [0.5, 0.6) is 0 Å². The van der Waals surface area contributed by atoms with Crippen molar-refractivity contribution in [3.8, 4) is 0 Å². The minimum absolute atomic E-state index is 0.00164. The predicted molar refractivity (Wildman–Crippen MR) is 93.5 cm³/mol. The van der Waals surface area contributed by atoms with Gasteiger partial charge >= 0.3 is 0 Å². The normalized spacial score (nSPS) is 20.2. The van der Waals surface area contributed by atoms with Gasteiger partial charge in [-0.1, -0.05) is 18.2 Å². The Bertz CT molecular complexity index is 886. The molecule has 7 heteroatoms. The summed E-state index contributed by atoms with van der Waals surface area (Å²) in [6.45, 7) is 3.12. The second kappa shape index (κ2) is 6.33. The first-order valence-corrected chi connectivity index (χ1v) is 8.45. The van der Waals surface area contributed by atoms with Crippen LogP contribution in [0.2, 0.25) is 0 Å². The maximum atomic E-state index is 13.0. The molecule has 1 aliphatic rings. The van der Waals surface area contributed by atoms with Crippen LogP contribution in [0.15, 0.2) is 30.6 Å². The maximum absolute atomic E-state index is 13.0. The zero-order valence-electron chi connectivity index (χ0n) is 14.3. The highest BCUT2D eigenvalue weighted by Crippen LogP contribution is 2.30. The fourth-order valence-corrected chi connectivity index (χ4v) is 3.63. The van der Waals surface area contributed by atoms with E-state index in [1.54, 1.807) is 4.90 Å². The number of nitrogens with one attached hydrogen (secondary N) is 2. The first-order chi connectivity index (χ1) is 12.1. The van der Waals surface area contributed by atoms with Crippen molar-refractivity contribution in [1.82, 2.24) is 25.1 Å². The third kappa shape index (κ3) is 2.80. The molecule has 3 heterocycles. The predicted octanol–water partition coefficient (Wildman–Crippen LogP) is 2.24. The number of aromatic amines is 2. The Morgan fingerprint density at radius 2 is 2.24 bits per heavy atom. The van der Waals surface area contributed by atoms with Gasteiger partial charge in [0.05, 0.1) is 11.7 Å². The summed E-state index contributed by atoms with van der Waals surface area (Å²) in [6, 6.07) is 7.87. The van der Waals surface area contributed by atoms with Gasteiger partial charge in [-0.15, -0.1) is 0 Å². The molecule has 0 radical (unpaired) electrons. The van der Waals surface area contributed by atoms with E-state index in [9.17, 15) is 4.79 Å². The highest BCUT2D eigenvalue weighted by molar-refractivity contribution is 6.08. The van der Waals surface area contributed by atoms with Gasteiger partial charge in [0.2, 0.25) is 0 Å². The van der Waals surface area contributed by atoms with Crippen molar-refractivity contribution >= 4 is 16.8 Å². The van der Waals surface area contributed by atoms with Crippen LogP contribution in [0.1, 0.15) is 34.2 Å². The number of hydrogen-bond acceptors (Lipinski definition) is 4. The van der Waals surface area contributed by atoms with E-state index in [1.165, 1.54) is 6.33 Å². The minimum atomic E-state index is -0.0765. The van der Waals surface area contributed by atoms with Crippen molar-refractivity contribution in [1.29, 1.82) is 0 Å². The first kappa shape index (κ1) is 15.8. The molecule has 1 amide bonds. The Labute approximate surface area is 145 Å². The number of aryl methyl sites for hydroxylation is 1. The number of aromatic nitrogens is 4. The zero-order valence-corrected chi connectivity index (χ0v) is 14.3. The summed E-state index contributed by atoms with van der Waals surface area (Å²) in [5.74, 6) is 0.968. The molecule has 4 rings (SSSR count). The fraction of sp³-hybridized carbons (Fsp3) is 0.389. The first-order valence-electron chi connectivity index (χ1n) is 8.45. The van der Waals surface area contributed by atoms with E-state index in [1.807, 2.05) is 38.2 Å². The van der Waals surface area contributed by atoms with Crippen molar-refractivity contribution in [2.75, 3.05) is 20.2 Å². The fourth-order valence-electron chi connectivity index (χ4n) is 3.63. The standard InChI is InChI=1S/C18H21N5O2/c1-11-16(12-5-3-4-6-14(12)21-11)18(24)23(2)9-15-13(7-8-25-15)17-19-10-20-22-17/h3-6,10,13,15,21H,7-9H2,1-2H3,(H,19,20,22)/t13-,15-/m1/s1. The molecular formula is C18H21N5O2. The molecule has 0 saturated carbocycles. The molecule has 0 unspecified atom stereocenters. The maximum Gasteiger partial charge on any atom is 0.256 e. The molecule has 1 aromatic carbocycles. The average molecular weight is 339 g/mol. The van der Waals surface area contributed by atoms with Crippen molar-refractivity contribution in [2.24, 2.45) is 0 Å². The summed E-state index contributed by atoms with van der Waals surface area (Å²) in [5.41, 5.74) is 2.60. The number of hydrogen-bond donors (Lipinski definition) is 2. The van der Waals surface area contributed by atoms with E-state index in [0.717, 1.165) is 34.4 Å². The number of rotatable bonds is 4. The van der Waals surface area contributed by atoms with Gasteiger partial charge in [-0.3, -0.25) is 9.89 Å².